The molecule has 2 heterocycles. The minimum atomic E-state index is 0. The van der Waals surface area contributed by atoms with Gasteiger partial charge in [0.1, 0.15) is 0 Å². The van der Waals surface area contributed by atoms with Gasteiger partial charge in [-0.15, -0.1) is 24.0 Å². The number of carbonyl (C=O) groups excluding carboxylic acids is 1. The van der Waals surface area contributed by atoms with Crippen molar-refractivity contribution in [3.63, 3.8) is 0 Å². The first-order valence-corrected chi connectivity index (χ1v) is 8.17. The summed E-state index contributed by atoms with van der Waals surface area (Å²) in [5.41, 5.74) is 2.20. The highest BCUT2D eigenvalue weighted by atomic mass is 127. The molecular weight excluding hydrogens is 417 g/mol. The summed E-state index contributed by atoms with van der Waals surface area (Å²) in [6.07, 6.45) is 1.81. The molecule has 1 fully saturated rings. The zero-order valence-electron chi connectivity index (χ0n) is 15.0. The summed E-state index contributed by atoms with van der Waals surface area (Å²) in [6, 6.07) is 4.00. The molecule has 1 amide bonds. The first-order valence-electron chi connectivity index (χ1n) is 8.17. The molecule has 1 N–H and O–H groups in total. The second-order valence-electron chi connectivity index (χ2n) is 6.13. The van der Waals surface area contributed by atoms with E-state index < -0.39 is 0 Å². The maximum absolute atomic E-state index is 12.0. The van der Waals surface area contributed by atoms with E-state index in [0.29, 0.717) is 6.54 Å². The lowest BCUT2D eigenvalue weighted by atomic mass is 10.1. The van der Waals surface area contributed by atoms with Crippen LogP contribution in [0.5, 0.6) is 0 Å². The maximum Gasteiger partial charge on any atom is 0.225 e. The average molecular weight is 445 g/mol. The van der Waals surface area contributed by atoms with Crippen LogP contribution in [0.15, 0.2) is 23.3 Å². The van der Waals surface area contributed by atoms with Crippen LogP contribution in [-0.2, 0) is 11.3 Å². The SMILES string of the molecule is CN=C(NCc1ncccc1C)N1CCN(C(=O)C(C)C)CC1.I. The van der Waals surface area contributed by atoms with Crippen molar-refractivity contribution in [2.24, 2.45) is 10.9 Å². The molecular formula is C17H28IN5O. The summed E-state index contributed by atoms with van der Waals surface area (Å²) in [5.74, 6) is 1.16. The van der Waals surface area contributed by atoms with Gasteiger partial charge in [-0.05, 0) is 18.6 Å². The molecule has 134 valence electrons. The standard InChI is InChI=1S/C17H27N5O.HI/c1-13(2)16(23)21-8-10-22(11-9-21)17(18-4)20-12-15-14(3)6-5-7-19-15;/h5-7,13H,8-12H2,1-4H3,(H,18,20);1H. The number of piperazine rings is 1. The average Bonchev–Trinajstić information content (AvgIpc) is 2.56. The molecule has 0 aliphatic carbocycles. The number of amides is 1. The van der Waals surface area contributed by atoms with Gasteiger partial charge in [0.25, 0.3) is 0 Å². The van der Waals surface area contributed by atoms with E-state index >= 15 is 0 Å². The number of pyridine rings is 1. The lowest BCUT2D eigenvalue weighted by Crippen LogP contribution is -2.54. The van der Waals surface area contributed by atoms with E-state index in [9.17, 15) is 4.79 Å². The molecule has 1 aliphatic rings. The Balaban J connectivity index is 0.00000288. The first kappa shape index (κ1) is 20.7. The predicted molar refractivity (Wildman–Crippen MR) is 108 cm³/mol. The van der Waals surface area contributed by atoms with Gasteiger partial charge in [0, 0.05) is 45.3 Å². The number of carbonyl (C=O) groups is 1. The molecule has 0 spiro atoms. The fourth-order valence-corrected chi connectivity index (χ4v) is 2.70. The van der Waals surface area contributed by atoms with Crippen LogP contribution in [0.2, 0.25) is 0 Å². The Morgan fingerprint density at radius 2 is 1.92 bits per heavy atom. The molecule has 2 rings (SSSR count). The predicted octanol–water partition coefficient (Wildman–Crippen LogP) is 1.88. The highest BCUT2D eigenvalue weighted by Gasteiger charge is 2.24. The van der Waals surface area contributed by atoms with Crippen LogP contribution in [0, 0.1) is 12.8 Å². The molecule has 1 aromatic heterocycles. The molecule has 0 radical (unpaired) electrons. The molecule has 0 aromatic carbocycles. The van der Waals surface area contributed by atoms with Gasteiger partial charge in [-0.25, -0.2) is 0 Å². The molecule has 1 aromatic rings. The van der Waals surface area contributed by atoms with Crippen LogP contribution in [0.1, 0.15) is 25.1 Å². The molecule has 1 aliphatic heterocycles. The van der Waals surface area contributed by atoms with E-state index in [4.69, 9.17) is 0 Å². The number of hydrogen-bond donors (Lipinski definition) is 1. The molecule has 0 bridgehead atoms. The van der Waals surface area contributed by atoms with Crippen LogP contribution >= 0.6 is 24.0 Å². The van der Waals surface area contributed by atoms with E-state index in [1.54, 1.807) is 7.05 Å². The topological polar surface area (TPSA) is 60.8 Å². The Labute approximate surface area is 161 Å². The van der Waals surface area contributed by atoms with Gasteiger partial charge in [-0.1, -0.05) is 19.9 Å². The molecule has 1 saturated heterocycles. The molecule has 0 atom stereocenters. The highest BCUT2D eigenvalue weighted by Crippen LogP contribution is 2.08. The van der Waals surface area contributed by atoms with Gasteiger partial charge < -0.3 is 15.1 Å². The third-order valence-corrected chi connectivity index (χ3v) is 4.13. The Morgan fingerprint density at radius 1 is 1.29 bits per heavy atom. The molecule has 24 heavy (non-hydrogen) atoms. The molecule has 0 unspecified atom stereocenters. The second-order valence-corrected chi connectivity index (χ2v) is 6.13. The van der Waals surface area contributed by atoms with E-state index in [1.807, 2.05) is 31.0 Å². The third-order valence-electron chi connectivity index (χ3n) is 4.13. The first-order chi connectivity index (χ1) is 11.0. The molecule has 0 saturated carbocycles. The van der Waals surface area contributed by atoms with E-state index in [2.05, 4.69) is 33.2 Å². The Kier molecular flexibility index (Phi) is 8.44. The van der Waals surface area contributed by atoms with Gasteiger partial charge in [0.05, 0.1) is 12.2 Å². The van der Waals surface area contributed by atoms with Crippen molar-refractivity contribution >= 4 is 35.8 Å². The van der Waals surface area contributed by atoms with Gasteiger partial charge in [-0.3, -0.25) is 14.8 Å². The lowest BCUT2D eigenvalue weighted by Gasteiger charge is -2.37. The largest absolute Gasteiger partial charge is 0.351 e. The van der Waals surface area contributed by atoms with Gasteiger partial charge in [-0.2, -0.15) is 0 Å². The summed E-state index contributed by atoms with van der Waals surface area (Å²) in [5, 5.41) is 3.37. The third kappa shape index (κ3) is 5.32. The van der Waals surface area contributed by atoms with Crippen LogP contribution in [0.3, 0.4) is 0 Å². The van der Waals surface area contributed by atoms with Crippen LogP contribution < -0.4 is 5.32 Å². The number of nitrogens with one attached hydrogen (secondary N) is 1. The van der Waals surface area contributed by atoms with Crippen molar-refractivity contribution in [2.45, 2.75) is 27.3 Å². The van der Waals surface area contributed by atoms with Crippen molar-refractivity contribution in [1.29, 1.82) is 0 Å². The van der Waals surface area contributed by atoms with Crippen LogP contribution in [0.25, 0.3) is 0 Å². The van der Waals surface area contributed by atoms with Crippen molar-refractivity contribution in [1.82, 2.24) is 20.1 Å². The van der Waals surface area contributed by atoms with E-state index in [-0.39, 0.29) is 35.8 Å². The Bertz CT molecular complexity index is 568. The van der Waals surface area contributed by atoms with E-state index in [1.165, 1.54) is 5.56 Å². The number of aliphatic imine (C=N–C) groups is 1. The number of nitrogens with zero attached hydrogens (tertiary/aromatic N) is 4. The minimum absolute atomic E-state index is 0. The number of aryl methyl sites for hydroxylation is 1. The summed E-state index contributed by atoms with van der Waals surface area (Å²) in [6.45, 7) is 9.72. The van der Waals surface area contributed by atoms with Gasteiger partial charge >= 0.3 is 0 Å². The monoisotopic (exact) mass is 445 g/mol. The number of guanidine groups is 1. The van der Waals surface area contributed by atoms with Crippen LogP contribution in [-0.4, -0.2) is 59.9 Å². The van der Waals surface area contributed by atoms with Gasteiger partial charge in [0.15, 0.2) is 5.96 Å². The molecule has 6 nitrogen and oxygen atoms in total. The number of aromatic nitrogens is 1. The summed E-state index contributed by atoms with van der Waals surface area (Å²) < 4.78 is 0. The number of hydrogen-bond acceptors (Lipinski definition) is 3. The number of rotatable bonds is 3. The quantitative estimate of drug-likeness (QED) is 0.439. The van der Waals surface area contributed by atoms with Crippen molar-refractivity contribution in [3.05, 3.63) is 29.6 Å². The van der Waals surface area contributed by atoms with E-state index in [0.717, 1.165) is 37.8 Å². The Hall–Kier alpha value is -1.38. The summed E-state index contributed by atoms with van der Waals surface area (Å²) in [7, 11) is 1.79. The van der Waals surface area contributed by atoms with Crippen LogP contribution in [0.4, 0.5) is 0 Å². The maximum atomic E-state index is 12.0. The second kappa shape index (κ2) is 9.80. The summed E-state index contributed by atoms with van der Waals surface area (Å²) in [4.78, 5) is 24.9. The number of halogens is 1. The van der Waals surface area contributed by atoms with Crippen molar-refractivity contribution < 1.29 is 4.79 Å². The fraction of sp³-hybridized carbons (Fsp3) is 0.588. The molecule has 7 heteroatoms. The highest BCUT2D eigenvalue weighted by molar-refractivity contribution is 14.0. The fourth-order valence-electron chi connectivity index (χ4n) is 2.70. The van der Waals surface area contributed by atoms with Crippen molar-refractivity contribution in [2.75, 3.05) is 33.2 Å². The zero-order valence-corrected chi connectivity index (χ0v) is 17.3. The smallest absolute Gasteiger partial charge is 0.225 e. The normalized spacial score (nSPS) is 15.3. The Morgan fingerprint density at radius 3 is 2.46 bits per heavy atom. The van der Waals surface area contributed by atoms with Crippen molar-refractivity contribution in [3.8, 4) is 0 Å². The lowest BCUT2D eigenvalue weighted by molar-refractivity contribution is -0.135. The summed E-state index contributed by atoms with van der Waals surface area (Å²) >= 11 is 0. The minimum Gasteiger partial charge on any atom is -0.351 e. The zero-order chi connectivity index (χ0) is 16.8. The van der Waals surface area contributed by atoms with Gasteiger partial charge in [0.2, 0.25) is 5.91 Å².